The molecular weight excluding hydrogens is 254 g/mol. The summed E-state index contributed by atoms with van der Waals surface area (Å²) < 4.78 is 5.34. The van der Waals surface area contributed by atoms with Gasteiger partial charge in [0.2, 0.25) is 5.91 Å². The number of nitrogens with zero attached hydrogens (tertiary/aromatic N) is 1. The van der Waals surface area contributed by atoms with E-state index in [9.17, 15) is 4.79 Å². The first kappa shape index (κ1) is 12.9. The molecule has 2 heterocycles. The summed E-state index contributed by atoms with van der Waals surface area (Å²) in [5.41, 5.74) is 5.82. The highest BCUT2D eigenvalue weighted by atomic mass is 16.5. The van der Waals surface area contributed by atoms with Gasteiger partial charge in [-0.2, -0.15) is 0 Å². The van der Waals surface area contributed by atoms with Crippen LogP contribution >= 0.6 is 0 Å². The Kier molecular flexibility index (Phi) is 3.52. The first-order valence-electron chi connectivity index (χ1n) is 6.76. The van der Waals surface area contributed by atoms with Gasteiger partial charge in [-0.1, -0.05) is 6.07 Å². The number of aromatic nitrogens is 1. The molecule has 3 rings (SSSR count). The van der Waals surface area contributed by atoms with Crippen molar-refractivity contribution in [3.63, 3.8) is 0 Å². The third kappa shape index (κ3) is 2.72. The quantitative estimate of drug-likeness (QED) is 0.894. The summed E-state index contributed by atoms with van der Waals surface area (Å²) in [4.78, 5) is 15.6. The standard InChI is InChI=1S/C15H17N3O2/c16-15(19)10-1-2-11-9-17-14(8-12(11)7-10)18-13-3-5-20-6-4-13/h1-2,7-9,13H,3-6H2,(H2,16,19)(H,17,18). The normalized spacial score (nSPS) is 16.2. The fourth-order valence-corrected chi connectivity index (χ4v) is 2.42. The van der Waals surface area contributed by atoms with E-state index in [1.165, 1.54) is 0 Å². The van der Waals surface area contributed by atoms with E-state index in [-0.39, 0.29) is 0 Å². The molecule has 1 saturated heterocycles. The molecule has 1 aromatic carbocycles. The summed E-state index contributed by atoms with van der Waals surface area (Å²) in [6.45, 7) is 1.58. The van der Waals surface area contributed by atoms with Crippen molar-refractivity contribution in [2.24, 2.45) is 5.73 Å². The highest BCUT2D eigenvalue weighted by molar-refractivity contribution is 5.97. The monoisotopic (exact) mass is 271 g/mol. The molecule has 1 aromatic heterocycles. The molecule has 0 unspecified atom stereocenters. The molecule has 1 aliphatic heterocycles. The van der Waals surface area contributed by atoms with Crippen LogP contribution in [0.4, 0.5) is 5.82 Å². The molecule has 20 heavy (non-hydrogen) atoms. The minimum absolute atomic E-state index is 0.396. The summed E-state index contributed by atoms with van der Waals surface area (Å²) in [5.74, 6) is 0.411. The van der Waals surface area contributed by atoms with E-state index in [1.54, 1.807) is 12.1 Å². The number of amides is 1. The molecule has 104 valence electrons. The highest BCUT2D eigenvalue weighted by Gasteiger charge is 2.14. The first-order valence-corrected chi connectivity index (χ1v) is 6.76. The van der Waals surface area contributed by atoms with Gasteiger partial charge >= 0.3 is 0 Å². The lowest BCUT2D eigenvalue weighted by atomic mass is 10.1. The summed E-state index contributed by atoms with van der Waals surface area (Å²) in [6, 6.07) is 7.73. The Morgan fingerprint density at radius 1 is 1.25 bits per heavy atom. The van der Waals surface area contributed by atoms with E-state index in [0.717, 1.165) is 42.6 Å². The van der Waals surface area contributed by atoms with Gasteiger partial charge in [-0.15, -0.1) is 0 Å². The van der Waals surface area contributed by atoms with Crippen molar-refractivity contribution < 1.29 is 9.53 Å². The number of primary amides is 1. The van der Waals surface area contributed by atoms with E-state index < -0.39 is 5.91 Å². The van der Waals surface area contributed by atoms with Crippen molar-refractivity contribution >= 4 is 22.5 Å². The predicted octanol–water partition coefficient (Wildman–Crippen LogP) is 1.92. The van der Waals surface area contributed by atoms with Crippen LogP contribution in [0.15, 0.2) is 30.5 Å². The Morgan fingerprint density at radius 3 is 2.80 bits per heavy atom. The number of fused-ring (bicyclic) bond motifs is 1. The number of pyridine rings is 1. The van der Waals surface area contributed by atoms with E-state index in [0.29, 0.717) is 11.6 Å². The maximum atomic E-state index is 11.2. The van der Waals surface area contributed by atoms with Crippen LogP contribution < -0.4 is 11.1 Å². The number of benzene rings is 1. The van der Waals surface area contributed by atoms with Crippen LogP contribution in [0.1, 0.15) is 23.2 Å². The molecule has 5 heteroatoms. The van der Waals surface area contributed by atoms with E-state index in [2.05, 4.69) is 10.3 Å². The number of nitrogens with two attached hydrogens (primary N) is 1. The molecule has 0 spiro atoms. The molecule has 1 fully saturated rings. The SMILES string of the molecule is NC(=O)c1ccc2cnc(NC3CCOCC3)cc2c1. The Labute approximate surface area is 117 Å². The predicted molar refractivity (Wildman–Crippen MR) is 77.7 cm³/mol. The number of carbonyl (C=O) groups is 1. The van der Waals surface area contributed by atoms with Crippen molar-refractivity contribution in [1.82, 2.24) is 4.98 Å². The molecule has 0 saturated carbocycles. The number of ether oxygens (including phenoxy) is 1. The second-order valence-electron chi connectivity index (χ2n) is 5.03. The lowest BCUT2D eigenvalue weighted by molar-refractivity contribution is 0.0904. The Hall–Kier alpha value is -2.14. The second kappa shape index (κ2) is 5.46. The topological polar surface area (TPSA) is 77.2 Å². The van der Waals surface area contributed by atoms with E-state index in [1.807, 2.05) is 18.3 Å². The molecule has 1 aliphatic rings. The van der Waals surface area contributed by atoms with Crippen molar-refractivity contribution in [3.05, 3.63) is 36.0 Å². The largest absolute Gasteiger partial charge is 0.381 e. The van der Waals surface area contributed by atoms with Crippen molar-refractivity contribution in [3.8, 4) is 0 Å². The van der Waals surface area contributed by atoms with Gasteiger partial charge in [0, 0.05) is 36.4 Å². The van der Waals surface area contributed by atoms with Gasteiger partial charge in [-0.25, -0.2) is 4.98 Å². The van der Waals surface area contributed by atoms with E-state index >= 15 is 0 Å². The molecule has 0 atom stereocenters. The minimum Gasteiger partial charge on any atom is -0.381 e. The number of anilines is 1. The smallest absolute Gasteiger partial charge is 0.248 e. The molecule has 1 amide bonds. The summed E-state index contributed by atoms with van der Waals surface area (Å²) >= 11 is 0. The highest BCUT2D eigenvalue weighted by Crippen LogP contribution is 2.20. The fourth-order valence-electron chi connectivity index (χ4n) is 2.42. The first-order chi connectivity index (χ1) is 9.72. The molecule has 0 bridgehead atoms. The van der Waals surface area contributed by atoms with Crippen molar-refractivity contribution in [2.75, 3.05) is 18.5 Å². The van der Waals surface area contributed by atoms with Crippen LogP contribution in [0.25, 0.3) is 10.8 Å². The van der Waals surface area contributed by atoms with Crippen molar-refractivity contribution in [1.29, 1.82) is 0 Å². The summed E-state index contributed by atoms with van der Waals surface area (Å²) in [7, 11) is 0. The zero-order chi connectivity index (χ0) is 13.9. The molecule has 2 aromatic rings. The molecule has 0 aliphatic carbocycles. The molecule has 3 N–H and O–H groups in total. The maximum Gasteiger partial charge on any atom is 0.248 e. The Balaban J connectivity index is 1.86. The van der Waals surface area contributed by atoms with Gasteiger partial charge in [-0.05, 0) is 36.4 Å². The van der Waals surface area contributed by atoms with Crippen LogP contribution in [0.2, 0.25) is 0 Å². The second-order valence-corrected chi connectivity index (χ2v) is 5.03. The zero-order valence-electron chi connectivity index (χ0n) is 11.1. The summed E-state index contributed by atoms with van der Waals surface area (Å²) in [5, 5.41) is 5.37. The van der Waals surface area contributed by atoms with Crippen molar-refractivity contribution in [2.45, 2.75) is 18.9 Å². The lowest BCUT2D eigenvalue weighted by Gasteiger charge is -2.23. The van der Waals surface area contributed by atoms with Gasteiger partial charge < -0.3 is 15.8 Å². The molecule has 0 radical (unpaired) electrons. The number of hydrogen-bond acceptors (Lipinski definition) is 4. The van der Waals surface area contributed by atoms with Gasteiger partial charge in [0.1, 0.15) is 5.82 Å². The van der Waals surface area contributed by atoms with Crippen LogP contribution in [0.3, 0.4) is 0 Å². The van der Waals surface area contributed by atoms with Gasteiger partial charge in [0.05, 0.1) is 0 Å². The summed E-state index contributed by atoms with van der Waals surface area (Å²) in [6.07, 6.45) is 3.78. The number of rotatable bonds is 3. The van der Waals surface area contributed by atoms with E-state index in [4.69, 9.17) is 10.5 Å². The zero-order valence-corrected chi connectivity index (χ0v) is 11.1. The Bertz CT molecular complexity index is 636. The number of hydrogen-bond donors (Lipinski definition) is 2. The number of nitrogens with one attached hydrogen (secondary N) is 1. The van der Waals surface area contributed by atoms with Crippen LogP contribution in [0, 0.1) is 0 Å². The van der Waals surface area contributed by atoms with Gasteiger partial charge in [-0.3, -0.25) is 4.79 Å². The fraction of sp³-hybridized carbons (Fsp3) is 0.333. The average molecular weight is 271 g/mol. The third-order valence-corrected chi connectivity index (χ3v) is 3.58. The van der Waals surface area contributed by atoms with Crippen LogP contribution in [-0.4, -0.2) is 30.1 Å². The number of carbonyl (C=O) groups excluding carboxylic acids is 1. The third-order valence-electron chi connectivity index (χ3n) is 3.58. The Morgan fingerprint density at radius 2 is 2.05 bits per heavy atom. The van der Waals surface area contributed by atoms with Gasteiger partial charge in [0.15, 0.2) is 0 Å². The lowest BCUT2D eigenvalue weighted by Crippen LogP contribution is -2.28. The average Bonchev–Trinajstić information content (AvgIpc) is 2.47. The minimum atomic E-state index is -0.414. The maximum absolute atomic E-state index is 11.2. The van der Waals surface area contributed by atoms with Crippen LogP contribution in [-0.2, 0) is 4.74 Å². The molecule has 5 nitrogen and oxygen atoms in total. The van der Waals surface area contributed by atoms with Crippen LogP contribution in [0.5, 0.6) is 0 Å². The molecular formula is C15H17N3O2. The van der Waals surface area contributed by atoms with Gasteiger partial charge in [0.25, 0.3) is 0 Å².